The molecule has 3 N–H and O–H groups in total. The summed E-state index contributed by atoms with van der Waals surface area (Å²) in [7, 11) is 0. The summed E-state index contributed by atoms with van der Waals surface area (Å²) in [5, 5.41) is 9.93. The van der Waals surface area contributed by atoms with Crippen LogP contribution in [0.25, 0.3) is 0 Å². The minimum Gasteiger partial charge on any atom is -0.398 e. The van der Waals surface area contributed by atoms with E-state index in [-0.39, 0.29) is 12.0 Å². The number of anilines is 1. The fourth-order valence-corrected chi connectivity index (χ4v) is 1.70. The molecule has 1 unspecified atom stereocenters. The standard InChI is InChI=1S/C13H12F2N2O/c14-10-3-8(4-11(15)6-10)13(18)5-9-7-17-2-1-12(9)16/h1-4,6-7,13,18H,5H2,(H2,16,17). The molecule has 0 radical (unpaired) electrons. The lowest BCUT2D eigenvalue weighted by Gasteiger charge is -2.12. The third-order valence-electron chi connectivity index (χ3n) is 2.62. The summed E-state index contributed by atoms with van der Waals surface area (Å²) in [6.45, 7) is 0. The van der Waals surface area contributed by atoms with Gasteiger partial charge in [-0.05, 0) is 29.3 Å². The number of hydrogen-bond donors (Lipinski definition) is 2. The molecule has 18 heavy (non-hydrogen) atoms. The Labute approximate surface area is 103 Å². The van der Waals surface area contributed by atoms with Crippen molar-refractivity contribution in [3.05, 3.63) is 59.4 Å². The van der Waals surface area contributed by atoms with Gasteiger partial charge in [-0.1, -0.05) is 0 Å². The van der Waals surface area contributed by atoms with E-state index in [1.54, 1.807) is 6.07 Å². The van der Waals surface area contributed by atoms with Crippen molar-refractivity contribution in [2.45, 2.75) is 12.5 Å². The summed E-state index contributed by atoms with van der Waals surface area (Å²) in [4.78, 5) is 3.89. The van der Waals surface area contributed by atoms with Gasteiger partial charge in [-0.25, -0.2) is 8.78 Å². The third kappa shape index (κ3) is 2.81. The summed E-state index contributed by atoms with van der Waals surface area (Å²) in [6.07, 6.45) is 2.19. The molecule has 1 aromatic carbocycles. The van der Waals surface area contributed by atoms with E-state index in [0.717, 1.165) is 18.2 Å². The average Bonchev–Trinajstić information content (AvgIpc) is 2.31. The quantitative estimate of drug-likeness (QED) is 0.878. The molecule has 0 aliphatic heterocycles. The Kier molecular flexibility index (Phi) is 3.53. The number of nitrogen functional groups attached to an aromatic ring is 1. The highest BCUT2D eigenvalue weighted by Gasteiger charge is 2.13. The molecule has 0 saturated carbocycles. The number of aromatic nitrogens is 1. The van der Waals surface area contributed by atoms with Crippen LogP contribution in [0.5, 0.6) is 0 Å². The molecular weight excluding hydrogens is 238 g/mol. The van der Waals surface area contributed by atoms with E-state index in [1.165, 1.54) is 12.4 Å². The maximum atomic E-state index is 13.0. The Bertz CT molecular complexity index is 540. The van der Waals surface area contributed by atoms with Gasteiger partial charge in [-0.2, -0.15) is 0 Å². The average molecular weight is 250 g/mol. The highest BCUT2D eigenvalue weighted by atomic mass is 19.1. The molecule has 1 atom stereocenters. The number of nitrogens with two attached hydrogens (primary N) is 1. The summed E-state index contributed by atoms with van der Waals surface area (Å²) in [5.41, 5.74) is 7.01. The van der Waals surface area contributed by atoms with Gasteiger partial charge >= 0.3 is 0 Å². The van der Waals surface area contributed by atoms with Crippen LogP contribution in [0.3, 0.4) is 0 Å². The van der Waals surface area contributed by atoms with Gasteiger partial charge in [0, 0.05) is 30.6 Å². The first-order valence-corrected chi connectivity index (χ1v) is 5.38. The predicted molar refractivity (Wildman–Crippen MR) is 63.7 cm³/mol. The molecule has 1 aromatic heterocycles. The van der Waals surface area contributed by atoms with Crippen LogP contribution in [-0.2, 0) is 6.42 Å². The first-order chi connectivity index (χ1) is 8.56. The second-order valence-corrected chi connectivity index (χ2v) is 4.00. The smallest absolute Gasteiger partial charge is 0.126 e. The van der Waals surface area contributed by atoms with Gasteiger partial charge in [0.05, 0.1) is 6.10 Å². The lowest BCUT2D eigenvalue weighted by Crippen LogP contribution is -2.05. The molecule has 0 aliphatic rings. The molecule has 2 rings (SSSR count). The Morgan fingerprint density at radius 2 is 1.89 bits per heavy atom. The molecule has 0 saturated heterocycles. The van der Waals surface area contributed by atoms with Gasteiger partial charge < -0.3 is 10.8 Å². The Morgan fingerprint density at radius 1 is 1.22 bits per heavy atom. The van der Waals surface area contributed by atoms with Crippen molar-refractivity contribution in [3.8, 4) is 0 Å². The molecule has 94 valence electrons. The van der Waals surface area contributed by atoms with Crippen LogP contribution in [0.2, 0.25) is 0 Å². The third-order valence-corrected chi connectivity index (χ3v) is 2.62. The first kappa shape index (κ1) is 12.4. The molecule has 5 heteroatoms. The summed E-state index contributed by atoms with van der Waals surface area (Å²) in [6, 6.07) is 4.56. The van der Waals surface area contributed by atoms with Crippen LogP contribution >= 0.6 is 0 Å². The van der Waals surface area contributed by atoms with Crippen molar-refractivity contribution in [2.24, 2.45) is 0 Å². The zero-order valence-corrected chi connectivity index (χ0v) is 9.48. The van der Waals surface area contributed by atoms with E-state index < -0.39 is 17.7 Å². The minimum atomic E-state index is -1.03. The summed E-state index contributed by atoms with van der Waals surface area (Å²) < 4.78 is 26.0. The van der Waals surface area contributed by atoms with Gasteiger partial charge in [-0.15, -0.1) is 0 Å². The number of aliphatic hydroxyl groups is 1. The number of pyridine rings is 1. The number of aliphatic hydroxyl groups excluding tert-OH is 1. The maximum Gasteiger partial charge on any atom is 0.126 e. The van der Waals surface area contributed by atoms with E-state index in [4.69, 9.17) is 5.73 Å². The highest BCUT2D eigenvalue weighted by Crippen LogP contribution is 2.22. The Hall–Kier alpha value is -2.01. The highest BCUT2D eigenvalue weighted by molar-refractivity contribution is 5.45. The lowest BCUT2D eigenvalue weighted by atomic mass is 10.0. The van der Waals surface area contributed by atoms with Crippen LogP contribution in [-0.4, -0.2) is 10.1 Å². The van der Waals surface area contributed by atoms with Crippen LogP contribution in [0.15, 0.2) is 36.7 Å². The predicted octanol–water partition coefficient (Wildman–Crippen LogP) is 2.22. The van der Waals surface area contributed by atoms with Crippen molar-refractivity contribution in [1.82, 2.24) is 4.98 Å². The van der Waals surface area contributed by atoms with Crippen LogP contribution in [0.1, 0.15) is 17.2 Å². The van der Waals surface area contributed by atoms with Gasteiger partial charge in [0.2, 0.25) is 0 Å². The molecule has 0 bridgehead atoms. The van der Waals surface area contributed by atoms with Gasteiger partial charge in [0.15, 0.2) is 0 Å². The molecule has 0 aliphatic carbocycles. The fraction of sp³-hybridized carbons (Fsp3) is 0.154. The second-order valence-electron chi connectivity index (χ2n) is 4.00. The largest absolute Gasteiger partial charge is 0.398 e. The van der Waals surface area contributed by atoms with E-state index >= 15 is 0 Å². The molecule has 2 aromatic rings. The number of nitrogens with zero attached hydrogens (tertiary/aromatic N) is 1. The molecule has 0 fully saturated rings. The molecule has 0 spiro atoms. The van der Waals surface area contributed by atoms with E-state index in [1.807, 2.05) is 0 Å². The fourth-order valence-electron chi connectivity index (χ4n) is 1.70. The lowest BCUT2D eigenvalue weighted by molar-refractivity contribution is 0.177. The molecule has 3 nitrogen and oxygen atoms in total. The van der Waals surface area contributed by atoms with Gasteiger partial charge in [0.1, 0.15) is 11.6 Å². The van der Waals surface area contributed by atoms with Gasteiger partial charge in [0.25, 0.3) is 0 Å². The maximum absolute atomic E-state index is 13.0. The zero-order chi connectivity index (χ0) is 13.1. The van der Waals surface area contributed by atoms with Crippen molar-refractivity contribution >= 4 is 5.69 Å². The van der Waals surface area contributed by atoms with Crippen molar-refractivity contribution < 1.29 is 13.9 Å². The first-order valence-electron chi connectivity index (χ1n) is 5.38. The summed E-state index contributed by atoms with van der Waals surface area (Å²) in [5.74, 6) is -1.44. The molecular formula is C13H12F2N2O. The van der Waals surface area contributed by atoms with Crippen molar-refractivity contribution in [1.29, 1.82) is 0 Å². The number of benzene rings is 1. The van der Waals surface area contributed by atoms with E-state index in [2.05, 4.69) is 4.98 Å². The zero-order valence-electron chi connectivity index (χ0n) is 9.48. The van der Waals surface area contributed by atoms with Crippen molar-refractivity contribution in [3.63, 3.8) is 0 Å². The SMILES string of the molecule is Nc1ccncc1CC(O)c1cc(F)cc(F)c1. The van der Waals surface area contributed by atoms with Crippen LogP contribution in [0.4, 0.5) is 14.5 Å². The normalized spacial score (nSPS) is 12.4. The van der Waals surface area contributed by atoms with Crippen molar-refractivity contribution in [2.75, 3.05) is 5.73 Å². The number of halogens is 2. The Morgan fingerprint density at radius 3 is 2.50 bits per heavy atom. The number of hydrogen-bond acceptors (Lipinski definition) is 3. The minimum absolute atomic E-state index is 0.155. The van der Waals surface area contributed by atoms with E-state index in [0.29, 0.717) is 11.3 Å². The molecule has 0 amide bonds. The molecule has 1 heterocycles. The monoisotopic (exact) mass is 250 g/mol. The van der Waals surface area contributed by atoms with Crippen LogP contribution < -0.4 is 5.73 Å². The van der Waals surface area contributed by atoms with E-state index in [9.17, 15) is 13.9 Å². The Balaban J connectivity index is 2.22. The topological polar surface area (TPSA) is 59.1 Å². The summed E-state index contributed by atoms with van der Waals surface area (Å²) >= 11 is 0. The second kappa shape index (κ2) is 5.10. The van der Waals surface area contributed by atoms with Gasteiger partial charge in [-0.3, -0.25) is 4.98 Å². The number of rotatable bonds is 3. The van der Waals surface area contributed by atoms with Crippen LogP contribution in [0, 0.1) is 11.6 Å².